The maximum atomic E-state index is 2.62. The predicted molar refractivity (Wildman–Crippen MR) is 273 cm³/mol. The number of benzene rings is 10. The molecule has 0 unspecified atom stereocenters. The van der Waals surface area contributed by atoms with Gasteiger partial charge in [0.2, 0.25) is 0 Å². The highest BCUT2D eigenvalue weighted by Crippen LogP contribution is 2.45. The van der Waals surface area contributed by atoms with Crippen LogP contribution in [0.1, 0.15) is 0 Å². The first kappa shape index (κ1) is 36.8. The zero-order valence-electron chi connectivity index (χ0n) is 35.5. The molecule has 0 saturated carbocycles. The van der Waals surface area contributed by atoms with E-state index in [0.717, 1.165) is 11.4 Å². The zero-order chi connectivity index (χ0) is 41.7. The zero-order valence-corrected chi connectivity index (χ0v) is 37.5. The summed E-state index contributed by atoms with van der Waals surface area (Å²) in [5.41, 5.74) is 12.9. The second-order valence-electron chi connectivity index (χ2n) is 18.2. The molecule has 0 spiro atoms. The van der Waals surface area contributed by atoms with Gasteiger partial charge in [0.15, 0.2) is 0 Å². The molecule has 0 saturated heterocycles. The third kappa shape index (κ3) is 5.46. The molecule has 62 heavy (non-hydrogen) atoms. The largest absolute Gasteiger partial charge is 0.310 e. The Morgan fingerprint density at radius 2 is 0.629 bits per heavy atom. The summed E-state index contributed by atoms with van der Waals surface area (Å²) in [6.45, 7) is 10.5. The number of fused-ring (bicyclic) bond motifs is 12. The first-order valence-electron chi connectivity index (χ1n) is 21.8. The lowest BCUT2D eigenvalue weighted by molar-refractivity contribution is 1.29. The van der Waals surface area contributed by atoms with Gasteiger partial charge >= 0.3 is 0 Å². The molecule has 4 heteroatoms. The Bertz CT molecular complexity index is 3200. The van der Waals surface area contributed by atoms with Gasteiger partial charge in [-0.3, -0.25) is 0 Å². The summed E-state index contributed by atoms with van der Waals surface area (Å²) in [5.74, 6) is 0. The molecular weight excluding hydrogens is 781 g/mol. The Kier molecular flexibility index (Phi) is 8.18. The number of nitrogens with zero attached hydrogens (tertiary/aromatic N) is 2. The number of hydrogen-bond donors (Lipinski definition) is 0. The number of para-hydroxylation sites is 2. The maximum Gasteiger partial charge on any atom is 0.113 e. The van der Waals surface area contributed by atoms with E-state index in [1.807, 2.05) is 0 Å². The fourth-order valence-electron chi connectivity index (χ4n) is 11.0. The van der Waals surface area contributed by atoms with Gasteiger partial charge in [-0.15, -0.1) is 0 Å². The molecular formula is C58H46N2Si2. The van der Waals surface area contributed by atoms with Crippen molar-refractivity contribution in [2.75, 3.05) is 9.80 Å². The molecule has 2 heterocycles. The minimum atomic E-state index is -2.28. The average Bonchev–Trinajstić information content (AvgIpc) is 3.69. The molecule has 2 nitrogen and oxygen atoms in total. The van der Waals surface area contributed by atoms with E-state index in [0.29, 0.717) is 0 Å². The molecule has 10 aromatic carbocycles. The molecule has 0 fully saturated rings. The van der Waals surface area contributed by atoms with E-state index >= 15 is 0 Å². The van der Waals surface area contributed by atoms with E-state index in [-0.39, 0.29) is 0 Å². The van der Waals surface area contributed by atoms with E-state index in [1.54, 1.807) is 10.4 Å². The normalized spacial score (nSPS) is 14.1. The molecule has 296 valence electrons. The molecule has 0 atom stereocenters. The van der Waals surface area contributed by atoms with Crippen molar-refractivity contribution in [3.05, 3.63) is 206 Å². The summed E-state index contributed by atoms with van der Waals surface area (Å²) in [5, 5.41) is 14.1. The third-order valence-corrected chi connectivity index (χ3v) is 21.2. The van der Waals surface area contributed by atoms with Crippen molar-refractivity contribution in [2.24, 2.45) is 0 Å². The van der Waals surface area contributed by atoms with E-state index in [9.17, 15) is 0 Å². The maximum absolute atomic E-state index is 2.62. The second kappa shape index (κ2) is 13.8. The van der Waals surface area contributed by atoms with E-state index < -0.39 is 16.1 Å². The Labute approximate surface area is 366 Å². The van der Waals surface area contributed by atoms with Crippen molar-refractivity contribution in [3.8, 4) is 22.3 Å². The molecule has 0 aromatic heterocycles. The van der Waals surface area contributed by atoms with Gasteiger partial charge in [-0.25, -0.2) is 0 Å². The molecule has 0 N–H and O–H groups in total. The first-order chi connectivity index (χ1) is 30.3. The van der Waals surface area contributed by atoms with Gasteiger partial charge in [-0.2, -0.15) is 0 Å². The molecule has 2 aliphatic heterocycles. The summed E-state index contributed by atoms with van der Waals surface area (Å²) >= 11 is 0. The van der Waals surface area contributed by atoms with Gasteiger partial charge < -0.3 is 9.80 Å². The van der Waals surface area contributed by atoms with Crippen molar-refractivity contribution in [1.29, 1.82) is 0 Å². The van der Waals surface area contributed by atoms with Crippen molar-refractivity contribution < 1.29 is 0 Å². The fraction of sp³-hybridized carbons (Fsp3) is 0.0690. The smallest absolute Gasteiger partial charge is 0.113 e. The first-order valence-corrected chi connectivity index (χ1v) is 27.8. The van der Waals surface area contributed by atoms with Crippen LogP contribution in [0.4, 0.5) is 34.1 Å². The number of hydrogen-bond acceptors (Lipinski definition) is 2. The van der Waals surface area contributed by atoms with Crippen molar-refractivity contribution in [2.45, 2.75) is 26.2 Å². The van der Waals surface area contributed by atoms with Crippen LogP contribution >= 0.6 is 0 Å². The van der Waals surface area contributed by atoms with Crippen LogP contribution in [0.5, 0.6) is 0 Å². The van der Waals surface area contributed by atoms with E-state index in [2.05, 4.69) is 242 Å². The fourth-order valence-corrected chi connectivity index (χ4v) is 19.5. The lowest BCUT2D eigenvalue weighted by atomic mass is 9.92. The Hall–Kier alpha value is -6.99. The molecule has 0 amide bonds. The minimum absolute atomic E-state index is 1.16. The molecule has 2 aliphatic rings. The molecule has 0 bridgehead atoms. The Morgan fingerprint density at radius 3 is 1.05 bits per heavy atom. The van der Waals surface area contributed by atoms with E-state index in [1.165, 1.54) is 87.7 Å². The molecule has 0 radical (unpaired) electrons. The van der Waals surface area contributed by atoms with Crippen molar-refractivity contribution in [1.82, 2.24) is 0 Å². The summed E-state index contributed by atoms with van der Waals surface area (Å²) in [4.78, 5) is 4.90. The van der Waals surface area contributed by atoms with Gasteiger partial charge in [0.05, 0.1) is 0 Å². The van der Waals surface area contributed by atoms with Gasteiger partial charge in [-0.05, 0) is 148 Å². The van der Waals surface area contributed by atoms with E-state index in [4.69, 9.17) is 0 Å². The number of anilines is 6. The van der Waals surface area contributed by atoms with Crippen LogP contribution in [-0.2, 0) is 0 Å². The molecule has 0 aliphatic carbocycles. The van der Waals surface area contributed by atoms with Gasteiger partial charge in [0.1, 0.15) is 16.1 Å². The SMILES string of the molecule is C[Si]1(C)c2cc(N(c3ccccc3)c3ccc4ccccc4c3)ccc2-c2c1c1c(c3ccccc23)-c2ccc(N(c3ccccc3)c3ccc4ccccc4c3)cc2[Si]1(C)C. The lowest BCUT2D eigenvalue weighted by Gasteiger charge is -2.30. The quantitative estimate of drug-likeness (QED) is 0.154. The summed E-state index contributed by atoms with van der Waals surface area (Å²) in [6.07, 6.45) is 0. The average molecular weight is 827 g/mol. The van der Waals surface area contributed by atoms with Crippen LogP contribution in [0.15, 0.2) is 206 Å². The van der Waals surface area contributed by atoms with Crippen LogP contribution in [-0.4, -0.2) is 16.1 Å². The monoisotopic (exact) mass is 826 g/mol. The van der Waals surface area contributed by atoms with Crippen molar-refractivity contribution >= 4 is 103 Å². The van der Waals surface area contributed by atoms with Crippen LogP contribution in [0.3, 0.4) is 0 Å². The van der Waals surface area contributed by atoms with Gasteiger partial charge in [-0.1, -0.05) is 160 Å². The standard InChI is InChI=1S/C58H46N2Si2/c1-61(2)53-37-47(59(43-21-7-5-8-22-43)45-29-27-39-17-11-13-19-41(39)35-45)31-33-51(53)55-49-25-15-16-26-50(49)56-52-34-32-48(38-54(52)62(3,4)58(56)57(55)61)60(44-23-9-6-10-24-44)46-30-28-40-18-12-14-20-42(40)36-46/h5-38H,1-4H3. The topological polar surface area (TPSA) is 6.48 Å². The Balaban J connectivity index is 1.04. The van der Waals surface area contributed by atoms with Crippen LogP contribution in [0.2, 0.25) is 26.2 Å². The highest BCUT2D eigenvalue weighted by molar-refractivity contribution is 7.13. The second-order valence-corrected chi connectivity index (χ2v) is 26.7. The van der Waals surface area contributed by atoms with Gasteiger partial charge in [0, 0.05) is 34.1 Å². The van der Waals surface area contributed by atoms with Crippen LogP contribution < -0.4 is 30.5 Å². The summed E-state index contributed by atoms with van der Waals surface area (Å²) < 4.78 is 0. The van der Waals surface area contributed by atoms with Crippen LogP contribution in [0, 0.1) is 0 Å². The molecule has 10 aromatic rings. The predicted octanol–water partition coefficient (Wildman–Crippen LogP) is 13.7. The summed E-state index contributed by atoms with van der Waals surface area (Å²) in [7, 11) is -4.55. The van der Waals surface area contributed by atoms with Crippen LogP contribution in [0.25, 0.3) is 54.6 Å². The molecule has 12 rings (SSSR count). The number of rotatable bonds is 6. The highest BCUT2D eigenvalue weighted by atomic mass is 28.3. The van der Waals surface area contributed by atoms with Gasteiger partial charge in [0.25, 0.3) is 0 Å². The minimum Gasteiger partial charge on any atom is -0.310 e. The lowest BCUT2D eigenvalue weighted by Crippen LogP contribution is -2.63. The van der Waals surface area contributed by atoms with Crippen molar-refractivity contribution in [3.63, 3.8) is 0 Å². The Morgan fingerprint density at radius 1 is 0.290 bits per heavy atom. The highest BCUT2D eigenvalue weighted by Gasteiger charge is 2.49. The summed E-state index contributed by atoms with van der Waals surface area (Å²) in [6, 6.07) is 76.9. The third-order valence-electron chi connectivity index (χ3n) is 13.9.